The maximum Gasteiger partial charge on any atom is 0.215 e. The summed E-state index contributed by atoms with van der Waals surface area (Å²) in [7, 11) is 0. The number of aromatic nitrogens is 3. The molecule has 0 aliphatic heterocycles. The largest absolute Gasteiger partial charge is 0.391 e. The van der Waals surface area contributed by atoms with Gasteiger partial charge in [-0.25, -0.2) is 9.67 Å². The van der Waals surface area contributed by atoms with Crippen LogP contribution in [0.15, 0.2) is 6.33 Å². The number of aliphatic hydroxyl groups excluding tert-OH is 3. The first-order valence-electron chi connectivity index (χ1n) is 4.83. The minimum Gasteiger partial charge on any atom is -0.391 e. The maximum atomic E-state index is 9.47. The number of hydrogen-bond acceptors (Lipinski definition) is 7. The number of aliphatic hydroxyl groups is 3. The molecule has 0 aliphatic rings. The van der Waals surface area contributed by atoms with Gasteiger partial charge < -0.3 is 25.8 Å². The van der Waals surface area contributed by atoms with Crippen LogP contribution < -0.4 is 5.73 Å². The van der Waals surface area contributed by atoms with Gasteiger partial charge in [-0.1, -0.05) is 0 Å². The molecule has 1 heterocycles. The van der Waals surface area contributed by atoms with Crippen molar-refractivity contribution in [3.8, 4) is 0 Å². The molecule has 0 aliphatic carbocycles. The van der Waals surface area contributed by atoms with E-state index in [-0.39, 0.29) is 11.7 Å². The molecule has 1 unspecified atom stereocenters. The Morgan fingerprint density at radius 2 is 2.29 bits per heavy atom. The zero-order valence-electron chi connectivity index (χ0n) is 9.19. The Labute approximate surface area is 97.0 Å². The van der Waals surface area contributed by atoms with Gasteiger partial charge in [0.15, 0.2) is 18.4 Å². The minimum absolute atomic E-state index is 0.0160. The standard InChI is InChI=1S/C8H15N5O4/c1-4(15)8(17-5(16)2-14)13-3-11-7(12-13)6(9)10/h3-5,8,14-16H,2H2,1H3,(H3,9,10)/t4-,5?,8-/m0/s1. The summed E-state index contributed by atoms with van der Waals surface area (Å²) in [5.74, 6) is -0.339. The number of hydrogen-bond donors (Lipinski definition) is 5. The summed E-state index contributed by atoms with van der Waals surface area (Å²) < 4.78 is 6.06. The van der Waals surface area contributed by atoms with Gasteiger partial charge in [0.05, 0.1) is 12.7 Å². The molecule has 3 atom stereocenters. The summed E-state index contributed by atoms with van der Waals surface area (Å²) in [6, 6.07) is 0. The zero-order valence-corrected chi connectivity index (χ0v) is 9.19. The third-order valence-corrected chi connectivity index (χ3v) is 1.88. The van der Waals surface area contributed by atoms with Crippen LogP contribution >= 0.6 is 0 Å². The first-order valence-corrected chi connectivity index (χ1v) is 4.83. The molecule has 9 nitrogen and oxygen atoms in total. The monoisotopic (exact) mass is 245 g/mol. The Bertz CT molecular complexity index is 380. The number of nitrogens with one attached hydrogen (secondary N) is 1. The number of rotatable bonds is 6. The van der Waals surface area contributed by atoms with E-state index in [1.54, 1.807) is 0 Å². The van der Waals surface area contributed by atoms with Crippen molar-refractivity contribution in [2.45, 2.75) is 25.5 Å². The summed E-state index contributed by atoms with van der Waals surface area (Å²) in [4.78, 5) is 3.72. The lowest BCUT2D eigenvalue weighted by atomic mass is 10.3. The van der Waals surface area contributed by atoms with E-state index in [9.17, 15) is 5.11 Å². The average molecular weight is 245 g/mol. The molecule has 0 bridgehead atoms. The third kappa shape index (κ3) is 3.46. The highest BCUT2D eigenvalue weighted by molar-refractivity contribution is 5.90. The highest BCUT2D eigenvalue weighted by Gasteiger charge is 2.23. The van der Waals surface area contributed by atoms with Crippen molar-refractivity contribution >= 4 is 5.84 Å². The number of ether oxygens (including phenoxy) is 1. The summed E-state index contributed by atoms with van der Waals surface area (Å²) in [5.41, 5.74) is 5.18. The summed E-state index contributed by atoms with van der Waals surface area (Å²) in [6.07, 6.45) is -2.27. The van der Waals surface area contributed by atoms with Gasteiger partial charge in [0.2, 0.25) is 5.82 Å². The molecule has 0 amide bonds. The van der Waals surface area contributed by atoms with Crippen LogP contribution in [0, 0.1) is 5.41 Å². The SMILES string of the molecule is C[C@H](O)[C@H](OC(O)CO)n1cnc(C(=N)N)n1. The molecule has 0 saturated carbocycles. The number of amidine groups is 1. The lowest BCUT2D eigenvalue weighted by Gasteiger charge is -2.22. The van der Waals surface area contributed by atoms with Crippen LogP contribution in [0.2, 0.25) is 0 Å². The van der Waals surface area contributed by atoms with E-state index < -0.39 is 25.2 Å². The van der Waals surface area contributed by atoms with Crippen molar-refractivity contribution in [1.82, 2.24) is 14.8 Å². The Hall–Kier alpha value is -1.55. The predicted molar refractivity (Wildman–Crippen MR) is 55.9 cm³/mol. The van der Waals surface area contributed by atoms with Gasteiger partial charge in [-0.05, 0) is 6.92 Å². The van der Waals surface area contributed by atoms with Crippen LogP contribution in [-0.4, -0.2) is 54.9 Å². The molecule has 96 valence electrons. The molecule has 1 rings (SSSR count). The molecule has 6 N–H and O–H groups in total. The minimum atomic E-state index is -1.44. The van der Waals surface area contributed by atoms with Gasteiger partial charge in [0.1, 0.15) is 6.33 Å². The first-order chi connectivity index (χ1) is 7.95. The molecule has 9 heteroatoms. The molecular weight excluding hydrogens is 230 g/mol. The van der Waals surface area contributed by atoms with Gasteiger partial charge in [-0.3, -0.25) is 5.41 Å². The van der Waals surface area contributed by atoms with Crippen LogP contribution in [0.25, 0.3) is 0 Å². The number of nitrogens with two attached hydrogens (primary N) is 1. The lowest BCUT2D eigenvalue weighted by molar-refractivity contribution is -0.206. The second kappa shape index (κ2) is 5.68. The van der Waals surface area contributed by atoms with Crippen LogP contribution in [0.4, 0.5) is 0 Å². The van der Waals surface area contributed by atoms with E-state index in [0.717, 1.165) is 4.68 Å². The van der Waals surface area contributed by atoms with Gasteiger partial charge >= 0.3 is 0 Å². The molecule has 0 radical (unpaired) electrons. The molecule has 0 aromatic carbocycles. The summed E-state index contributed by atoms with van der Waals surface area (Å²) in [6.45, 7) is 0.807. The number of nitrogens with zero attached hydrogens (tertiary/aromatic N) is 3. The zero-order chi connectivity index (χ0) is 13.0. The molecule has 0 saturated heterocycles. The lowest BCUT2D eigenvalue weighted by Crippen LogP contribution is -2.31. The Kier molecular flexibility index (Phi) is 4.52. The fourth-order valence-corrected chi connectivity index (χ4v) is 1.12. The highest BCUT2D eigenvalue weighted by atomic mass is 16.6. The van der Waals surface area contributed by atoms with Crippen molar-refractivity contribution in [2.24, 2.45) is 5.73 Å². The van der Waals surface area contributed by atoms with E-state index in [2.05, 4.69) is 10.1 Å². The van der Waals surface area contributed by atoms with Gasteiger partial charge in [0, 0.05) is 0 Å². The molecule has 1 aromatic rings. The second-order valence-electron chi connectivity index (χ2n) is 3.37. The molecule has 0 spiro atoms. The van der Waals surface area contributed by atoms with E-state index in [0.29, 0.717) is 0 Å². The smallest absolute Gasteiger partial charge is 0.215 e. The van der Waals surface area contributed by atoms with Crippen LogP contribution in [0.1, 0.15) is 19.0 Å². The van der Waals surface area contributed by atoms with Crippen molar-refractivity contribution in [2.75, 3.05) is 6.61 Å². The van der Waals surface area contributed by atoms with E-state index in [4.69, 9.17) is 26.1 Å². The maximum absolute atomic E-state index is 9.47. The van der Waals surface area contributed by atoms with Crippen LogP contribution in [0.5, 0.6) is 0 Å². The normalized spacial score (nSPS) is 16.5. The van der Waals surface area contributed by atoms with Crippen molar-refractivity contribution in [3.63, 3.8) is 0 Å². The topological polar surface area (TPSA) is 150 Å². The van der Waals surface area contributed by atoms with Gasteiger partial charge in [-0.15, -0.1) is 5.10 Å². The average Bonchev–Trinajstić information content (AvgIpc) is 2.74. The fourth-order valence-electron chi connectivity index (χ4n) is 1.12. The fraction of sp³-hybridized carbons (Fsp3) is 0.625. The van der Waals surface area contributed by atoms with Gasteiger partial charge in [0.25, 0.3) is 0 Å². The Balaban J connectivity index is 2.85. The third-order valence-electron chi connectivity index (χ3n) is 1.88. The Morgan fingerprint density at radius 1 is 1.65 bits per heavy atom. The van der Waals surface area contributed by atoms with Gasteiger partial charge in [-0.2, -0.15) is 0 Å². The Morgan fingerprint density at radius 3 is 2.71 bits per heavy atom. The predicted octanol–water partition coefficient (Wildman–Crippen LogP) is -2.23. The quantitative estimate of drug-likeness (QED) is 0.216. The number of nitrogen functional groups attached to an aromatic ring is 1. The van der Waals surface area contributed by atoms with Crippen LogP contribution in [-0.2, 0) is 4.74 Å². The van der Waals surface area contributed by atoms with E-state index in [1.807, 2.05) is 0 Å². The summed E-state index contributed by atoms with van der Waals surface area (Å²) in [5, 5.41) is 38.2. The first kappa shape index (κ1) is 13.5. The van der Waals surface area contributed by atoms with Crippen LogP contribution in [0.3, 0.4) is 0 Å². The van der Waals surface area contributed by atoms with E-state index >= 15 is 0 Å². The van der Waals surface area contributed by atoms with E-state index in [1.165, 1.54) is 13.3 Å². The van der Waals surface area contributed by atoms with Crippen molar-refractivity contribution in [3.05, 3.63) is 12.2 Å². The highest BCUT2D eigenvalue weighted by Crippen LogP contribution is 2.14. The molecule has 0 fully saturated rings. The molecule has 1 aromatic heterocycles. The second-order valence-corrected chi connectivity index (χ2v) is 3.37. The van der Waals surface area contributed by atoms with Crippen molar-refractivity contribution < 1.29 is 20.1 Å². The summed E-state index contributed by atoms with van der Waals surface area (Å²) >= 11 is 0. The molecule has 17 heavy (non-hydrogen) atoms. The molecular formula is C8H15N5O4. The van der Waals surface area contributed by atoms with Crippen molar-refractivity contribution in [1.29, 1.82) is 5.41 Å².